The first-order valence-electron chi connectivity index (χ1n) is 19.2. The number of nitrogens with one attached hydrogen (secondary N) is 2. The molecule has 4 bridgehead atoms. The van der Waals surface area contributed by atoms with Gasteiger partial charge in [-0.15, -0.1) is 0 Å². The molecular formula is C42H55ClN4O9. The zero-order chi connectivity index (χ0) is 40.5. The van der Waals surface area contributed by atoms with Gasteiger partial charge in [0.25, 0.3) is 5.91 Å². The molecule has 2 saturated heterocycles. The van der Waals surface area contributed by atoms with Crippen molar-refractivity contribution in [2.24, 2.45) is 5.92 Å². The van der Waals surface area contributed by atoms with Gasteiger partial charge < -0.3 is 43.9 Å². The third-order valence-electron chi connectivity index (χ3n) is 11.8. The van der Waals surface area contributed by atoms with E-state index < -0.39 is 59.8 Å². The Kier molecular flexibility index (Phi) is 12.4. The fraction of sp³-hybridized carbons (Fsp3) is 0.548. The number of alkyl carbamates (subject to hydrolysis) is 1. The molecule has 0 radical (unpaired) electrons. The zero-order valence-corrected chi connectivity index (χ0v) is 34.3. The summed E-state index contributed by atoms with van der Waals surface area (Å²) in [6.07, 6.45) is 3.44. The molecule has 0 saturated carbocycles. The highest BCUT2D eigenvalue weighted by molar-refractivity contribution is 6.34. The topological polar surface area (TPSA) is 151 Å². The summed E-state index contributed by atoms with van der Waals surface area (Å²) in [5, 5.41) is 18.2. The number of rotatable bonds is 6. The number of allylic oxidation sites excluding steroid dienone is 3. The van der Waals surface area contributed by atoms with Crippen molar-refractivity contribution in [3.63, 3.8) is 0 Å². The molecule has 4 heterocycles. The lowest BCUT2D eigenvalue weighted by atomic mass is 9.83. The van der Waals surface area contributed by atoms with Gasteiger partial charge in [-0.2, -0.15) is 0 Å². The number of hydrogen-bond donors (Lipinski definition) is 3. The molecule has 0 aliphatic carbocycles. The molecule has 2 aromatic rings. The van der Waals surface area contributed by atoms with Gasteiger partial charge in [0.05, 0.1) is 18.9 Å². The number of epoxide rings is 1. The monoisotopic (exact) mass is 794 g/mol. The van der Waals surface area contributed by atoms with Crippen LogP contribution in [0, 0.1) is 5.92 Å². The maximum Gasteiger partial charge on any atom is 0.409 e. The molecule has 2 aromatic carbocycles. The Labute approximate surface area is 334 Å². The lowest BCUT2D eigenvalue weighted by Gasteiger charge is -2.42. The highest BCUT2D eigenvalue weighted by atomic mass is 35.5. The van der Waals surface area contributed by atoms with Crippen molar-refractivity contribution in [2.45, 2.75) is 102 Å². The van der Waals surface area contributed by atoms with Crippen LogP contribution in [0.1, 0.15) is 67.6 Å². The fourth-order valence-electron chi connectivity index (χ4n) is 8.13. The first-order chi connectivity index (χ1) is 26.6. The summed E-state index contributed by atoms with van der Waals surface area (Å²) in [6, 6.07) is 8.66. The second kappa shape index (κ2) is 16.8. The number of aliphatic hydroxyl groups is 1. The van der Waals surface area contributed by atoms with Crippen LogP contribution in [-0.2, 0) is 43.1 Å². The summed E-state index contributed by atoms with van der Waals surface area (Å²) in [4.78, 5) is 44.0. The normalized spacial score (nSPS) is 31.2. The van der Waals surface area contributed by atoms with Gasteiger partial charge >= 0.3 is 12.1 Å². The number of methoxy groups -OCH3 is 2. The van der Waals surface area contributed by atoms with Gasteiger partial charge in [0.1, 0.15) is 40.7 Å². The molecule has 13 nitrogen and oxygen atoms in total. The number of nitrogens with zero attached hydrogens (tertiary/aromatic N) is 2. The van der Waals surface area contributed by atoms with Gasteiger partial charge in [0, 0.05) is 58.6 Å². The van der Waals surface area contributed by atoms with E-state index in [0.29, 0.717) is 35.7 Å². The molecule has 4 aliphatic rings. The second-order valence-electron chi connectivity index (χ2n) is 15.8. The number of benzene rings is 2. The third-order valence-corrected chi connectivity index (χ3v) is 12.2. The molecule has 0 spiro atoms. The van der Waals surface area contributed by atoms with Crippen LogP contribution < -0.4 is 20.3 Å². The summed E-state index contributed by atoms with van der Waals surface area (Å²) in [5.74, 6) is -0.761. The van der Waals surface area contributed by atoms with Crippen LogP contribution in [0.3, 0.4) is 0 Å². The Morgan fingerprint density at radius 3 is 2.68 bits per heavy atom. The average molecular weight is 795 g/mol. The minimum atomic E-state index is -1.77. The molecule has 56 heavy (non-hydrogen) atoms. The van der Waals surface area contributed by atoms with E-state index in [-0.39, 0.29) is 12.3 Å². The van der Waals surface area contributed by atoms with Crippen molar-refractivity contribution in [3.05, 3.63) is 81.4 Å². The number of ether oxygens (including phenoxy) is 5. The molecule has 8 atom stereocenters. The van der Waals surface area contributed by atoms with Crippen LogP contribution >= 0.6 is 11.6 Å². The van der Waals surface area contributed by atoms with Crippen LogP contribution in [0.15, 0.2) is 54.1 Å². The second-order valence-corrected chi connectivity index (χ2v) is 16.2. The number of esters is 1. The molecule has 2 fully saturated rings. The maximum absolute atomic E-state index is 14.0. The Morgan fingerprint density at radius 2 is 1.95 bits per heavy atom. The summed E-state index contributed by atoms with van der Waals surface area (Å²) < 4.78 is 29.8. The van der Waals surface area contributed by atoms with Crippen LogP contribution in [0.4, 0.5) is 10.5 Å². The van der Waals surface area contributed by atoms with E-state index in [1.807, 2.05) is 63.1 Å². The van der Waals surface area contributed by atoms with E-state index >= 15 is 0 Å². The Morgan fingerprint density at radius 1 is 1.18 bits per heavy atom. The van der Waals surface area contributed by atoms with E-state index in [2.05, 4.69) is 10.6 Å². The first-order valence-corrected chi connectivity index (χ1v) is 19.6. The van der Waals surface area contributed by atoms with Crippen molar-refractivity contribution in [2.75, 3.05) is 46.3 Å². The molecule has 0 aromatic heterocycles. The van der Waals surface area contributed by atoms with Crippen molar-refractivity contribution in [1.82, 2.24) is 15.5 Å². The SMILES string of the molecule is COc1cc2cc(c1Cl)N(C)CC[C@H](OC(=O)[C@H](C)N(C)C(=O)c1ccc3c(c1)CCNC3)[C@]1(C)O[C@H]1[C@H](C)[C@@H]1C[C@@](O)(NC(=O)O1)[C@H](OC)/C=C/C=C(\C)C2. The lowest BCUT2D eigenvalue weighted by molar-refractivity contribution is -0.157. The number of amides is 2. The Bertz CT molecular complexity index is 1890. The maximum atomic E-state index is 14.0. The van der Waals surface area contributed by atoms with E-state index in [4.69, 9.17) is 35.3 Å². The smallest absolute Gasteiger partial charge is 0.409 e. The summed E-state index contributed by atoms with van der Waals surface area (Å²) in [6.45, 7) is 9.41. The number of likely N-dealkylation sites (N-methyl/N-ethyl adjacent to an activating group) is 1. The third kappa shape index (κ3) is 8.57. The van der Waals surface area contributed by atoms with Gasteiger partial charge in [-0.3, -0.25) is 10.1 Å². The van der Waals surface area contributed by atoms with E-state index in [9.17, 15) is 19.5 Å². The predicted octanol–water partition coefficient (Wildman–Crippen LogP) is 4.95. The number of hydrogen-bond acceptors (Lipinski definition) is 11. The Hall–Kier alpha value is -4.14. The molecule has 304 valence electrons. The van der Waals surface area contributed by atoms with Crippen LogP contribution in [0.5, 0.6) is 5.75 Å². The number of carbonyl (C=O) groups is 3. The molecule has 14 heteroatoms. The highest BCUT2D eigenvalue weighted by Gasteiger charge is 2.64. The largest absolute Gasteiger partial charge is 0.495 e. The van der Waals surface area contributed by atoms with Crippen molar-refractivity contribution < 1.29 is 43.2 Å². The minimum absolute atomic E-state index is 0.0157. The van der Waals surface area contributed by atoms with E-state index in [1.54, 1.807) is 39.3 Å². The quantitative estimate of drug-likeness (QED) is 0.269. The molecule has 3 N–H and O–H groups in total. The molecule has 6 rings (SSSR count). The highest BCUT2D eigenvalue weighted by Crippen LogP contribution is 2.49. The van der Waals surface area contributed by atoms with Gasteiger partial charge in [-0.25, -0.2) is 9.59 Å². The van der Waals surface area contributed by atoms with Gasteiger partial charge in [-0.1, -0.05) is 48.4 Å². The Balaban J connectivity index is 1.30. The predicted molar refractivity (Wildman–Crippen MR) is 212 cm³/mol. The standard InChI is InChI=1S/C42H55ClN4O9/c1-24-10-9-11-35(53-8)42(51)22-33(54-40(50)45-42)25(2)37-41(4,56-37)34(15-17-46(5)31-19-27(18-24)20-32(52-7)36(31)43)55-39(49)26(3)47(6)38(48)29-12-13-30-23-44-16-14-28(30)21-29/h9-13,19-21,25-26,33-35,37,44,51H,14-18,22-23H2,1-8H3,(H,45,50)/b11-9+,24-10+/t25-,26+,33+,34+,35-,37+,41+,42+/m1/s1. The van der Waals surface area contributed by atoms with Crippen LogP contribution in [-0.4, -0.2) is 111 Å². The molecule has 2 amide bonds. The lowest BCUT2D eigenvalue weighted by Crippen LogP contribution is -2.63. The van der Waals surface area contributed by atoms with Crippen molar-refractivity contribution in [3.8, 4) is 5.75 Å². The number of fused-ring (bicyclic) bond motifs is 6. The molecule has 4 aliphatic heterocycles. The fourth-order valence-corrected chi connectivity index (χ4v) is 8.46. The van der Waals surface area contributed by atoms with Gasteiger partial charge in [-0.05, 0) is 81.1 Å². The number of halogens is 1. The van der Waals surface area contributed by atoms with E-state index in [0.717, 1.165) is 47.5 Å². The van der Waals surface area contributed by atoms with Crippen molar-refractivity contribution >= 4 is 35.3 Å². The molecular weight excluding hydrogens is 740 g/mol. The van der Waals surface area contributed by atoms with Gasteiger partial charge in [0.2, 0.25) is 0 Å². The zero-order valence-electron chi connectivity index (χ0n) is 33.5. The van der Waals surface area contributed by atoms with Crippen LogP contribution in [0.2, 0.25) is 5.02 Å². The van der Waals surface area contributed by atoms with Crippen LogP contribution in [0.25, 0.3) is 0 Å². The summed E-state index contributed by atoms with van der Waals surface area (Å²) in [7, 11) is 6.55. The summed E-state index contributed by atoms with van der Waals surface area (Å²) >= 11 is 6.88. The number of carbonyl (C=O) groups excluding carboxylic acids is 3. The minimum Gasteiger partial charge on any atom is -0.495 e. The molecule has 0 unspecified atom stereocenters. The van der Waals surface area contributed by atoms with Gasteiger partial charge in [0.15, 0.2) is 5.72 Å². The average Bonchev–Trinajstić information content (AvgIpc) is 3.88. The van der Waals surface area contributed by atoms with E-state index in [1.165, 1.54) is 12.0 Å². The number of anilines is 1. The summed E-state index contributed by atoms with van der Waals surface area (Å²) in [5.41, 5.74) is 2.74. The van der Waals surface area contributed by atoms with Crippen molar-refractivity contribution in [1.29, 1.82) is 0 Å². The first kappa shape index (κ1) is 41.5.